The standard InChI is InChI=1S/C17H32N2/c1-3-16(4-2)7-9-19(10-8-16)17(13-18)12-14-5-6-15(17)11-14/h14-15H,3-13,18H2,1-2H3. The van der Waals surface area contributed by atoms with E-state index in [0.717, 1.165) is 18.4 Å². The molecule has 0 aromatic rings. The Morgan fingerprint density at radius 1 is 1.11 bits per heavy atom. The van der Waals surface area contributed by atoms with E-state index in [2.05, 4.69) is 18.7 Å². The van der Waals surface area contributed by atoms with Crippen LogP contribution in [0.1, 0.15) is 65.2 Å². The minimum atomic E-state index is 0.399. The summed E-state index contributed by atoms with van der Waals surface area (Å²) < 4.78 is 0. The van der Waals surface area contributed by atoms with Gasteiger partial charge in [0.15, 0.2) is 0 Å². The maximum atomic E-state index is 6.28. The van der Waals surface area contributed by atoms with Gasteiger partial charge in [0.05, 0.1) is 0 Å². The van der Waals surface area contributed by atoms with E-state index < -0.39 is 0 Å². The monoisotopic (exact) mass is 264 g/mol. The molecular formula is C17H32N2. The van der Waals surface area contributed by atoms with Gasteiger partial charge in [-0.1, -0.05) is 33.1 Å². The lowest BCUT2D eigenvalue weighted by Crippen LogP contribution is -2.60. The van der Waals surface area contributed by atoms with E-state index in [4.69, 9.17) is 5.73 Å². The number of fused-ring (bicyclic) bond motifs is 2. The summed E-state index contributed by atoms with van der Waals surface area (Å²) >= 11 is 0. The molecule has 0 radical (unpaired) electrons. The Morgan fingerprint density at radius 3 is 2.21 bits per heavy atom. The summed E-state index contributed by atoms with van der Waals surface area (Å²) in [6.45, 7) is 8.29. The largest absolute Gasteiger partial charge is 0.329 e. The van der Waals surface area contributed by atoms with E-state index in [-0.39, 0.29) is 0 Å². The van der Waals surface area contributed by atoms with Gasteiger partial charge >= 0.3 is 0 Å². The fourth-order valence-electron chi connectivity index (χ4n) is 5.56. The number of piperidine rings is 1. The maximum Gasteiger partial charge on any atom is 0.0362 e. The normalized spacial score (nSPS) is 41.8. The molecule has 1 saturated heterocycles. The first-order valence-electron chi connectivity index (χ1n) is 8.63. The summed E-state index contributed by atoms with van der Waals surface area (Å²) in [6.07, 6.45) is 11.3. The predicted molar refractivity (Wildman–Crippen MR) is 81.1 cm³/mol. The van der Waals surface area contributed by atoms with Gasteiger partial charge in [-0.3, -0.25) is 4.90 Å². The third-order valence-corrected chi connectivity index (χ3v) is 7.25. The van der Waals surface area contributed by atoms with Gasteiger partial charge in [-0.2, -0.15) is 0 Å². The molecule has 1 heterocycles. The second kappa shape index (κ2) is 5.04. The van der Waals surface area contributed by atoms with Crippen LogP contribution in [0.2, 0.25) is 0 Å². The highest BCUT2D eigenvalue weighted by molar-refractivity contribution is 5.09. The van der Waals surface area contributed by atoms with E-state index >= 15 is 0 Å². The van der Waals surface area contributed by atoms with Crippen LogP contribution in [-0.4, -0.2) is 30.1 Å². The summed E-state index contributed by atoms with van der Waals surface area (Å²) in [7, 11) is 0. The molecule has 2 aliphatic carbocycles. The molecule has 3 rings (SSSR count). The number of nitrogens with zero attached hydrogens (tertiary/aromatic N) is 1. The highest BCUT2D eigenvalue weighted by atomic mass is 15.2. The molecule has 2 N–H and O–H groups in total. The lowest BCUT2D eigenvalue weighted by molar-refractivity contribution is -0.0134. The van der Waals surface area contributed by atoms with Crippen LogP contribution in [0.25, 0.3) is 0 Å². The van der Waals surface area contributed by atoms with Gasteiger partial charge in [0.1, 0.15) is 0 Å². The van der Waals surface area contributed by atoms with Gasteiger partial charge in [0, 0.05) is 12.1 Å². The van der Waals surface area contributed by atoms with Crippen LogP contribution in [0.5, 0.6) is 0 Å². The Morgan fingerprint density at radius 2 is 1.79 bits per heavy atom. The SMILES string of the molecule is CCC1(CC)CCN(C2(CN)CC3CCC2C3)CC1. The van der Waals surface area contributed by atoms with Crippen molar-refractivity contribution < 1.29 is 0 Å². The van der Waals surface area contributed by atoms with Gasteiger partial charge in [-0.25, -0.2) is 0 Å². The molecule has 2 heteroatoms. The second-order valence-corrected chi connectivity index (χ2v) is 7.58. The van der Waals surface area contributed by atoms with Crippen molar-refractivity contribution in [2.75, 3.05) is 19.6 Å². The van der Waals surface area contributed by atoms with E-state index in [1.807, 2.05) is 0 Å². The van der Waals surface area contributed by atoms with E-state index in [0.29, 0.717) is 11.0 Å². The number of hydrogen-bond donors (Lipinski definition) is 1. The Balaban J connectivity index is 1.70. The van der Waals surface area contributed by atoms with Crippen LogP contribution in [-0.2, 0) is 0 Å². The molecule has 0 aromatic carbocycles. The summed E-state index contributed by atoms with van der Waals surface area (Å²) in [5.41, 5.74) is 7.32. The van der Waals surface area contributed by atoms with Crippen molar-refractivity contribution in [1.29, 1.82) is 0 Å². The van der Waals surface area contributed by atoms with Crippen LogP contribution in [0.4, 0.5) is 0 Å². The van der Waals surface area contributed by atoms with Crippen LogP contribution >= 0.6 is 0 Å². The summed E-state index contributed by atoms with van der Waals surface area (Å²) in [5, 5.41) is 0. The molecule has 2 nitrogen and oxygen atoms in total. The molecule has 19 heavy (non-hydrogen) atoms. The summed E-state index contributed by atoms with van der Waals surface area (Å²) in [4.78, 5) is 2.82. The Kier molecular flexibility index (Phi) is 3.68. The topological polar surface area (TPSA) is 29.3 Å². The molecular weight excluding hydrogens is 232 g/mol. The van der Waals surface area contributed by atoms with Crippen molar-refractivity contribution in [3.63, 3.8) is 0 Å². The number of likely N-dealkylation sites (tertiary alicyclic amines) is 1. The van der Waals surface area contributed by atoms with Gasteiger partial charge in [-0.05, 0) is 62.4 Å². The molecule has 0 aromatic heterocycles. The zero-order chi connectivity index (χ0) is 13.5. The Labute approximate surface area is 119 Å². The van der Waals surface area contributed by atoms with E-state index in [1.54, 1.807) is 0 Å². The van der Waals surface area contributed by atoms with Crippen molar-refractivity contribution in [2.45, 2.75) is 70.8 Å². The summed E-state index contributed by atoms with van der Waals surface area (Å²) in [6, 6.07) is 0. The zero-order valence-electron chi connectivity index (χ0n) is 13.0. The van der Waals surface area contributed by atoms with Crippen molar-refractivity contribution in [2.24, 2.45) is 23.0 Å². The number of rotatable bonds is 4. The molecule has 0 amide bonds. The van der Waals surface area contributed by atoms with E-state index in [9.17, 15) is 0 Å². The lowest BCUT2D eigenvalue weighted by Gasteiger charge is -2.52. The lowest BCUT2D eigenvalue weighted by atomic mass is 9.71. The highest BCUT2D eigenvalue weighted by Crippen LogP contribution is 2.54. The number of hydrogen-bond acceptors (Lipinski definition) is 2. The predicted octanol–water partition coefficient (Wildman–Crippen LogP) is 3.41. The minimum Gasteiger partial charge on any atom is -0.329 e. The van der Waals surface area contributed by atoms with Crippen LogP contribution in [0.3, 0.4) is 0 Å². The van der Waals surface area contributed by atoms with Crippen LogP contribution in [0, 0.1) is 17.3 Å². The first kappa shape index (κ1) is 13.9. The van der Waals surface area contributed by atoms with Crippen molar-refractivity contribution in [1.82, 2.24) is 4.90 Å². The van der Waals surface area contributed by atoms with Crippen molar-refractivity contribution in [3.8, 4) is 0 Å². The Hall–Kier alpha value is -0.0800. The maximum absolute atomic E-state index is 6.28. The van der Waals surface area contributed by atoms with Gasteiger partial charge in [-0.15, -0.1) is 0 Å². The zero-order valence-corrected chi connectivity index (χ0v) is 13.0. The molecule has 110 valence electrons. The number of nitrogens with two attached hydrogens (primary N) is 1. The Bertz CT molecular complexity index is 313. The first-order chi connectivity index (χ1) is 9.18. The molecule has 1 aliphatic heterocycles. The average Bonchev–Trinajstić information content (AvgIpc) is 3.08. The quantitative estimate of drug-likeness (QED) is 0.843. The first-order valence-corrected chi connectivity index (χ1v) is 8.63. The van der Waals surface area contributed by atoms with Crippen molar-refractivity contribution in [3.05, 3.63) is 0 Å². The van der Waals surface area contributed by atoms with Crippen molar-refractivity contribution >= 4 is 0 Å². The third-order valence-electron chi connectivity index (χ3n) is 7.25. The highest BCUT2D eigenvalue weighted by Gasteiger charge is 2.54. The van der Waals surface area contributed by atoms with Gasteiger partial charge < -0.3 is 5.73 Å². The van der Waals surface area contributed by atoms with Gasteiger partial charge in [0.2, 0.25) is 0 Å². The molecule has 3 fully saturated rings. The molecule has 3 atom stereocenters. The fraction of sp³-hybridized carbons (Fsp3) is 1.00. The van der Waals surface area contributed by atoms with E-state index in [1.165, 1.54) is 64.5 Å². The third kappa shape index (κ3) is 2.06. The van der Waals surface area contributed by atoms with Gasteiger partial charge in [0.25, 0.3) is 0 Å². The summed E-state index contributed by atoms with van der Waals surface area (Å²) in [5.74, 6) is 1.91. The molecule has 3 aliphatic rings. The molecule has 2 bridgehead atoms. The minimum absolute atomic E-state index is 0.399. The molecule has 2 saturated carbocycles. The molecule has 0 spiro atoms. The second-order valence-electron chi connectivity index (χ2n) is 7.58. The average molecular weight is 264 g/mol. The smallest absolute Gasteiger partial charge is 0.0362 e. The van der Waals surface area contributed by atoms with Crippen LogP contribution < -0.4 is 5.73 Å². The molecule has 3 unspecified atom stereocenters. The van der Waals surface area contributed by atoms with Crippen LogP contribution in [0.15, 0.2) is 0 Å². The fourth-order valence-corrected chi connectivity index (χ4v) is 5.56.